The van der Waals surface area contributed by atoms with E-state index in [9.17, 15) is 4.79 Å². The number of carbonyl (C=O) groups is 1. The molecule has 6 nitrogen and oxygen atoms in total. The molecule has 1 aromatic heterocycles. The Hall–Kier alpha value is -1.59. The summed E-state index contributed by atoms with van der Waals surface area (Å²) >= 11 is 0. The Labute approximate surface area is 94.8 Å². The van der Waals surface area contributed by atoms with Crippen molar-refractivity contribution in [1.29, 1.82) is 0 Å². The summed E-state index contributed by atoms with van der Waals surface area (Å²) in [5.41, 5.74) is 1.25. The maximum Gasteiger partial charge on any atom is 0.407 e. The molecule has 0 spiro atoms. The Morgan fingerprint density at radius 1 is 1.44 bits per heavy atom. The molecule has 1 amide bonds. The number of hydrogen-bond acceptors (Lipinski definition) is 4. The van der Waals surface area contributed by atoms with Gasteiger partial charge in [-0.15, -0.1) is 0 Å². The molecule has 1 aromatic rings. The lowest BCUT2D eigenvalue weighted by Crippen LogP contribution is -2.33. The van der Waals surface area contributed by atoms with Crippen molar-refractivity contribution in [3.8, 4) is 0 Å². The van der Waals surface area contributed by atoms with Crippen LogP contribution in [0.15, 0.2) is 0 Å². The molecule has 0 aromatic carbocycles. The minimum absolute atomic E-state index is 0.409. The number of alkyl carbamates (subject to hydrolysis) is 1. The number of ether oxygens (including phenoxy) is 1. The smallest absolute Gasteiger partial charge is 0.407 e. The quantitative estimate of drug-likeness (QED) is 0.811. The van der Waals surface area contributed by atoms with Crippen LogP contribution in [0.2, 0.25) is 0 Å². The van der Waals surface area contributed by atoms with Crippen LogP contribution in [-0.4, -0.2) is 33.6 Å². The van der Waals surface area contributed by atoms with Crippen molar-refractivity contribution in [3.63, 3.8) is 0 Å². The summed E-state index contributed by atoms with van der Waals surface area (Å²) in [7, 11) is 0. The van der Waals surface area contributed by atoms with E-state index < -0.39 is 11.7 Å². The zero-order valence-electron chi connectivity index (χ0n) is 10.1. The minimum atomic E-state index is -0.464. The lowest BCUT2D eigenvalue weighted by Gasteiger charge is -2.19. The van der Waals surface area contributed by atoms with Gasteiger partial charge in [0.2, 0.25) is 0 Å². The molecular formula is C10H18N4O2. The first-order chi connectivity index (χ1) is 7.38. The van der Waals surface area contributed by atoms with E-state index in [1.807, 2.05) is 27.7 Å². The highest BCUT2D eigenvalue weighted by molar-refractivity contribution is 5.67. The number of aryl methyl sites for hydroxylation is 1. The summed E-state index contributed by atoms with van der Waals surface area (Å²) in [6.07, 6.45) is 0.232. The zero-order chi connectivity index (χ0) is 12.2. The predicted molar refractivity (Wildman–Crippen MR) is 59.1 cm³/mol. The molecule has 2 N–H and O–H groups in total. The van der Waals surface area contributed by atoms with Gasteiger partial charge >= 0.3 is 6.09 Å². The molecule has 0 aliphatic rings. The summed E-state index contributed by atoms with van der Waals surface area (Å²) in [6.45, 7) is 7.84. The van der Waals surface area contributed by atoms with Crippen molar-refractivity contribution in [2.45, 2.75) is 39.7 Å². The molecule has 6 heteroatoms. The first-order valence-corrected chi connectivity index (χ1v) is 5.21. The van der Waals surface area contributed by atoms with E-state index in [-0.39, 0.29) is 0 Å². The van der Waals surface area contributed by atoms with Gasteiger partial charge in [-0.25, -0.2) is 4.79 Å². The van der Waals surface area contributed by atoms with Crippen LogP contribution in [0.25, 0.3) is 0 Å². The number of nitrogens with zero attached hydrogens (tertiary/aromatic N) is 2. The van der Waals surface area contributed by atoms with Crippen LogP contribution >= 0.6 is 0 Å². The van der Waals surface area contributed by atoms with Crippen molar-refractivity contribution >= 4 is 6.09 Å². The highest BCUT2D eigenvalue weighted by atomic mass is 16.6. The summed E-state index contributed by atoms with van der Waals surface area (Å²) in [5, 5.41) is 13.0. The van der Waals surface area contributed by atoms with Crippen molar-refractivity contribution in [2.24, 2.45) is 0 Å². The van der Waals surface area contributed by atoms with Gasteiger partial charge in [-0.3, -0.25) is 0 Å². The third-order valence-corrected chi connectivity index (χ3v) is 1.85. The number of rotatable bonds is 3. The number of amides is 1. The van der Waals surface area contributed by atoms with Crippen molar-refractivity contribution in [3.05, 3.63) is 11.4 Å². The van der Waals surface area contributed by atoms with Crippen LogP contribution in [0.5, 0.6) is 0 Å². The van der Waals surface area contributed by atoms with E-state index >= 15 is 0 Å². The molecule has 0 bridgehead atoms. The van der Waals surface area contributed by atoms with Crippen LogP contribution in [0.4, 0.5) is 4.79 Å². The average molecular weight is 226 g/mol. The second-order valence-corrected chi connectivity index (χ2v) is 4.53. The molecule has 0 aliphatic heterocycles. The fraction of sp³-hybridized carbons (Fsp3) is 0.700. The molecule has 0 saturated heterocycles. The highest BCUT2D eigenvalue weighted by Crippen LogP contribution is 2.06. The third kappa shape index (κ3) is 4.29. The van der Waals surface area contributed by atoms with Gasteiger partial charge in [0.1, 0.15) is 5.60 Å². The van der Waals surface area contributed by atoms with Gasteiger partial charge in [-0.1, -0.05) is 0 Å². The van der Waals surface area contributed by atoms with E-state index in [1.54, 1.807) is 0 Å². The van der Waals surface area contributed by atoms with Crippen LogP contribution in [-0.2, 0) is 11.2 Å². The van der Waals surface area contributed by atoms with Gasteiger partial charge in [-0.05, 0) is 27.7 Å². The number of carbonyl (C=O) groups excluding carboxylic acids is 1. The van der Waals surface area contributed by atoms with Gasteiger partial charge in [-0.2, -0.15) is 15.4 Å². The second-order valence-electron chi connectivity index (χ2n) is 4.53. The summed E-state index contributed by atoms with van der Waals surface area (Å²) in [4.78, 5) is 11.3. The molecule has 1 heterocycles. The molecular weight excluding hydrogens is 208 g/mol. The summed E-state index contributed by atoms with van der Waals surface area (Å²) < 4.78 is 5.09. The van der Waals surface area contributed by atoms with E-state index in [0.717, 1.165) is 11.4 Å². The van der Waals surface area contributed by atoms with Gasteiger partial charge in [0.05, 0.1) is 11.4 Å². The lowest BCUT2D eigenvalue weighted by atomic mass is 10.2. The van der Waals surface area contributed by atoms with E-state index in [4.69, 9.17) is 4.74 Å². The Bertz CT molecular complexity index is 354. The van der Waals surface area contributed by atoms with E-state index in [1.165, 1.54) is 0 Å². The number of H-pyrrole nitrogens is 1. The molecule has 0 fully saturated rings. The first-order valence-electron chi connectivity index (χ1n) is 5.21. The Balaban J connectivity index is 2.26. The summed E-state index contributed by atoms with van der Waals surface area (Å²) in [6, 6.07) is 0. The number of nitrogens with one attached hydrogen (secondary N) is 2. The molecule has 0 unspecified atom stereocenters. The van der Waals surface area contributed by atoms with Crippen LogP contribution in [0, 0.1) is 6.92 Å². The van der Waals surface area contributed by atoms with Crippen LogP contribution in [0.3, 0.4) is 0 Å². The number of aromatic nitrogens is 3. The van der Waals surface area contributed by atoms with E-state index in [2.05, 4.69) is 20.7 Å². The molecule has 0 radical (unpaired) electrons. The van der Waals surface area contributed by atoms with E-state index in [0.29, 0.717) is 13.0 Å². The molecule has 90 valence electrons. The zero-order valence-corrected chi connectivity index (χ0v) is 10.1. The molecule has 1 rings (SSSR count). The Morgan fingerprint density at radius 3 is 2.62 bits per heavy atom. The van der Waals surface area contributed by atoms with Gasteiger partial charge in [0, 0.05) is 13.0 Å². The van der Waals surface area contributed by atoms with Crippen molar-refractivity contribution in [2.75, 3.05) is 6.54 Å². The lowest BCUT2D eigenvalue weighted by molar-refractivity contribution is 0.0528. The predicted octanol–water partition coefficient (Wildman–Crippen LogP) is 1.18. The molecule has 0 atom stereocenters. The Kier molecular flexibility index (Phi) is 3.87. The van der Waals surface area contributed by atoms with Gasteiger partial charge in [0.25, 0.3) is 0 Å². The minimum Gasteiger partial charge on any atom is -0.444 e. The standard InChI is InChI=1S/C10H18N4O2/c1-7-8(13-14-12-7)5-6-11-9(15)16-10(2,3)4/h5-6H2,1-4H3,(H,11,15)(H,12,13,14). The molecule has 16 heavy (non-hydrogen) atoms. The maximum atomic E-state index is 11.3. The number of aromatic amines is 1. The summed E-state index contributed by atoms with van der Waals surface area (Å²) in [5.74, 6) is 0. The number of hydrogen-bond donors (Lipinski definition) is 2. The second kappa shape index (κ2) is 4.96. The van der Waals surface area contributed by atoms with Crippen LogP contribution in [0.1, 0.15) is 32.2 Å². The van der Waals surface area contributed by atoms with Crippen molar-refractivity contribution < 1.29 is 9.53 Å². The maximum absolute atomic E-state index is 11.3. The van der Waals surface area contributed by atoms with Crippen LogP contribution < -0.4 is 5.32 Å². The first kappa shape index (κ1) is 12.5. The fourth-order valence-electron chi connectivity index (χ4n) is 1.14. The normalized spacial score (nSPS) is 11.2. The average Bonchev–Trinajstić information content (AvgIpc) is 2.48. The van der Waals surface area contributed by atoms with Gasteiger partial charge in [0.15, 0.2) is 0 Å². The molecule has 0 aliphatic carbocycles. The van der Waals surface area contributed by atoms with Gasteiger partial charge < -0.3 is 10.1 Å². The highest BCUT2D eigenvalue weighted by Gasteiger charge is 2.15. The topological polar surface area (TPSA) is 79.9 Å². The SMILES string of the molecule is Cc1n[nH]nc1CCNC(=O)OC(C)(C)C. The van der Waals surface area contributed by atoms with Crippen molar-refractivity contribution in [1.82, 2.24) is 20.7 Å². The third-order valence-electron chi connectivity index (χ3n) is 1.85. The molecule has 0 saturated carbocycles. The largest absolute Gasteiger partial charge is 0.444 e. The Morgan fingerprint density at radius 2 is 2.12 bits per heavy atom. The monoisotopic (exact) mass is 226 g/mol. The fourth-order valence-corrected chi connectivity index (χ4v) is 1.14.